The molecule has 0 aliphatic rings. The molecule has 1 N–H and O–H groups in total. The van der Waals surface area contributed by atoms with Gasteiger partial charge in [0, 0.05) is 34.0 Å². The lowest BCUT2D eigenvalue weighted by atomic mass is 10.0. The monoisotopic (exact) mass is 387 g/mol. The van der Waals surface area contributed by atoms with Crippen LogP contribution in [0.2, 0.25) is 5.02 Å². The average molecular weight is 389 g/mol. The number of hydrogen-bond donors (Lipinski definition) is 1. The van der Waals surface area contributed by atoms with Crippen LogP contribution in [-0.2, 0) is 6.54 Å². The van der Waals surface area contributed by atoms with Crippen LogP contribution in [0.25, 0.3) is 0 Å². The molecule has 0 radical (unpaired) electrons. The van der Waals surface area contributed by atoms with E-state index in [1.807, 2.05) is 24.7 Å². The predicted molar refractivity (Wildman–Crippen MR) is 94.0 cm³/mol. The number of nitrogens with one attached hydrogen (secondary N) is 1. The maximum absolute atomic E-state index is 6.34. The van der Waals surface area contributed by atoms with Crippen LogP contribution >= 0.6 is 38.9 Å². The van der Waals surface area contributed by atoms with E-state index in [9.17, 15) is 0 Å². The first-order valence-corrected chi connectivity index (χ1v) is 8.89. The number of thiazole rings is 1. The van der Waals surface area contributed by atoms with E-state index < -0.39 is 0 Å². The van der Waals surface area contributed by atoms with Crippen molar-refractivity contribution in [3.8, 4) is 0 Å². The van der Waals surface area contributed by atoms with Crippen LogP contribution in [0.4, 0.5) is 0 Å². The smallest absolute Gasteiger partial charge is 0.0795 e. The van der Waals surface area contributed by atoms with Crippen LogP contribution in [0.15, 0.2) is 33.6 Å². The van der Waals surface area contributed by atoms with Gasteiger partial charge in [-0.25, -0.2) is 4.98 Å². The molecule has 3 nitrogen and oxygen atoms in total. The van der Waals surface area contributed by atoms with Crippen molar-refractivity contribution in [3.63, 3.8) is 0 Å². The number of hydrogen-bond acceptors (Lipinski definition) is 4. The molecule has 1 heterocycles. The van der Waals surface area contributed by atoms with Crippen molar-refractivity contribution in [2.75, 3.05) is 20.6 Å². The fourth-order valence-electron chi connectivity index (χ4n) is 2.26. The van der Waals surface area contributed by atoms with Gasteiger partial charge >= 0.3 is 0 Å². The molecule has 21 heavy (non-hydrogen) atoms. The minimum Gasteiger partial charge on any atom is -0.313 e. The summed E-state index contributed by atoms with van der Waals surface area (Å²) in [7, 11) is 4.10. The lowest BCUT2D eigenvalue weighted by Crippen LogP contribution is -2.25. The summed E-state index contributed by atoms with van der Waals surface area (Å²) < 4.78 is 1.01. The molecule has 2 aromatic rings. The van der Waals surface area contributed by atoms with Gasteiger partial charge in [-0.3, -0.25) is 0 Å². The van der Waals surface area contributed by atoms with Gasteiger partial charge in [0.15, 0.2) is 0 Å². The topological polar surface area (TPSA) is 28.2 Å². The zero-order chi connectivity index (χ0) is 15.2. The molecule has 6 heteroatoms. The van der Waals surface area contributed by atoms with E-state index in [1.165, 1.54) is 0 Å². The van der Waals surface area contributed by atoms with Crippen LogP contribution in [0.1, 0.15) is 23.7 Å². The van der Waals surface area contributed by atoms with Crippen molar-refractivity contribution < 1.29 is 0 Å². The minimum atomic E-state index is 0.253. The van der Waals surface area contributed by atoms with Gasteiger partial charge in [0.05, 0.1) is 11.2 Å². The fraction of sp³-hybridized carbons (Fsp3) is 0.400. The Morgan fingerprint density at radius 1 is 1.48 bits per heavy atom. The van der Waals surface area contributed by atoms with Crippen molar-refractivity contribution in [1.29, 1.82) is 0 Å². The third kappa shape index (κ3) is 5.04. The highest BCUT2D eigenvalue weighted by Crippen LogP contribution is 2.28. The molecule has 0 fully saturated rings. The van der Waals surface area contributed by atoms with Crippen molar-refractivity contribution in [1.82, 2.24) is 15.2 Å². The van der Waals surface area contributed by atoms with E-state index in [2.05, 4.69) is 49.6 Å². The maximum atomic E-state index is 6.34. The lowest BCUT2D eigenvalue weighted by Gasteiger charge is -2.22. The standard InChI is InChI=1S/C15H19BrClN3S/c1-18-15(13-4-3-11(16)7-14(13)17)5-6-20(2)8-12-9-21-10-19-12/h3-4,7,9-10,15,18H,5-6,8H2,1-2H3. The van der Waals surface area contributed by atoms with Gasteiger partial charge < -0.3 is 10.2 Å². The number of nitrogens with zero attached hydrogens (tertiary/aromatic N) is 2. The molecule has 1 aromatic heterocycles. The molecule has 0 spiro atoms. The molecular weight excluding hydrogens is 370 g/mol. The summed E-state index contributed by atoms with van der Waals surface area (Å²) in [6, 6.07) is 6.31. The first-order valence-electron chi connectivity index (χ1n) is 6.78. The van der Waals surface area contributed by atoms with Crippen LogP contribution in [0.3, 0.4) is 0 Å². The van der Waals surface area contributed by atoms with Crippen LogP contribution < -0.4 is 5.32 Å². The second kappa shape index (κ2) is 8.25. The van der Waals surface area contributed by atoms with Gasteiger partial charge in [0.2, 0.25) is 0 Å². The second-order valence-corrected chi connectivity index (χ2v) is 7.05. The van der Waals surface area contributed by atoms with Crippen molar-refractivity contribution in [2.45, 2.75) is 19.0 Å². The highest BCUT2D eigenvalue weighted by molar-refractivity contribution is 9.10. The van der Waals surface area contributed by atoms with Crippen molar-refractivity contribution in [3.05, 3.63) is 49.8 Å². The maximum Gasteiger partial charge on any atom is 0.0795 e. The number of halogens is 2. The molecule has 114 valence electrons. The van der Waals surface area contributed by atoms with Gasteiger partial charge in [-0.2, -0.15) is 0 Å². The first kappa shape index (κ1) is 16.9. The molecule has 0 amide bonds. The summed E-state index contributed by atoms with van der Waals surface area (Å²) in [5, 5.41) is 6.24. The first-order chi connectivity index (χ1) is 10.1. The van der Waals surface area contributed by atoms with Crippen LogP contribution in [-0.4, -0.2) is 30.5 Å². The quantitative estimate of drug-likeness (QED) is 0.764. The molecule has 1 aromatic carbocycles. The minimum absolute atomic E-state index is 0.253. The van der Waals surface area contributed by atoms with E-state index in [-0.39, 0.29) is 6.04 Å². The molecule has 0 saturated heterocycles. The normalized spacial score (nSPS) is 12.8. The van der Waals surface area contributed by atoms with E-state index in [0.717, 1.165) is 40.3 Å². The van der Waals surface area contributed by atoms with Crippen LogP contribution in [0.5, 0.6) is 0 Å². The van der Waals surface area contributed by atoms with E-state index in [4.69, 9.17) is 11.6 Å². The van der Waals surface area contributed by atoms with Gasteiger partial charge in [-0.15, -0.1) is 11.3 Å². The molecule has 0 saturated carbocycles. The molecule has 0 aliphatic heterocycles. The third-order valence-corrected chi connectivity index (χ3v) is 4.86. The molecule has 0 bridgehead atoms. The van der Waals surface area contributed by atoms with Gasteiger partial charge in [0.25, 0.3) is 0 Å². The predicted octanol–water partition coefficient (Wildman–Crippen LogP) is 4.34. The summed E-state index contributed by atoms with van der Waals surface area (Å²) in [5.41, 5.74) is 4.15. The molecule has 1 unspecified atom stereocenters. The van der Waals surface area contributed by atoms with Gasteiger partial charge in [-0.05, 0) is 38.2 Å². The summed E-state index contributed by atoms with van der Waals surface area (Å²) >= 11 is 11.4. The number of rotatable bonds is 7. The van der Waals surface area contributed by atoms with Gasteiger partial charge in [0.1, 0.15) is 0 Å². The highest BCUT2D eigenvalue weighted by atomic mass is 79.9. The van der Waals surface area contributed by atoms with Crippen molar-refractivity contribution >= 4 is 38.9 Å². The summed E-state index contributed by atoms with van der Waals surface area (Å²) in [4.78, 5) is 6.60. The molecule has 1 atom stereocenters. The average Bonchev–Trinajstić information content (AvgIpc) is 2.94. The fourth-order valence-corrected chi connectivity index (χ4v) is 3.61. The number of aromatic nitrogens is 1. The Kier molecular flexibility index (Phi) is 6.64. The largest absolute Gasteiger partial charge is 0.313 e. The van der Waals surface area contributed by atoms with Crippen LogP contribution in [0, 0.1) is 0 Å². The Hall–Kier alpha value is -0.460. The summed E-state index contributed by atoms with van der Waals surface area (Å²) in [6.07, 6.45) is 0.999. The van der Waals surface area contributed by atoms with E-state index in [1.54, 1.807) is 11.3 Å². The zero-order valence-electron chi connectivity index (χ0n) is 12.1. The SMILES string of the molecule is CNC(CCN(C)Cc1cscn1)c1ccc(Br)cc1Cl. The molecule has 2 rings (SSSR count). The van der Waals surface area contributed by atoms with Gasteiger partial charge in [-0.1, -0.05) is 33.6 Å². The Bertz CT molecular complexity index is 562. The molecule has 0 aliphatic carbocycles. The summed E-state index contributed by atoms with van der Waals surface area (Å²) in [5.74, 6) is 0. The Labute approximate surface area is 143 Å². The third-order valence-electron chi connectivity index (χ3n) is 3.40. The zero-order valence-corrected chi connectivity index (χ0v) is 15.3. The Morgan fingerprint density at radius 2 is 2.29 bits per heavy atom. The summed E-state index contributed by atoms with van der Waals surface area (Å²) in [6.45, 7) is 1.86. The Balaban J connectivity index is 1.93. The van der Waals surface area contributed by atoms with E-state index >= 15 is 0 Å². The lowest BCUT2D eigenvalue weighted by molar-refractivity contribution is 0.301. The van der Waals surface area contributed by atoms with E-state index in [0.29, 0.717) is 0 Å². The molecular formula is C15H19BrClN3S. The Morgan fingerprint density at radius 3 is 2.90 bits per heavy atom. The second-order valence-electron chi connectivity index (χ2n) is 5.01. The highest BCUT2D eigenvalue weighted by Gasteiger charge is 2.14. The van der Waals surface area contributed by atoms with Crippen molar-refractivity contribution in [2.24, 2.45) is 0 Å². The number of benzene rings is 1.